The number of benzene rings is 2. The molecule has 0 radical (unpaired) electrons. The topological polar surface area (TPSA) is 75.7 Å². The SMILES string of the molecule is CCOc1ccc(N([C@H](C)C(=O)NCCCc2ccccc2Cl)S(C)(=O)=O)cc1. The van der Waals surface area contributed by atoms with Crippen molar-refractivity contribution in [1.82, 2.24) is 5.32 Å². The Labute approximate surface area is 177 Å². The lowest BCUT2D eigenvalue weighted by molar-refractivity contribution is -0.121. The molecule has 0 saturated carbocycles. The number of nitrogens with zero attached hydrogens (tertiary/aromatic N) is 1. The zero-order valence-corrected chi connectivity index (χ0v) is 18.5. The van der Waals surface area contributed by atoms with Crippen LogP contribution < -0.4 is 14.4 Å². The molecule has 0 aliphatic rings. The third-order valence-electron chi connectivity index (χ3n) is 4.37. The summed E-state index contributed by atoms with van der Waals surface area (Å²) in [6, 6.07) is 13.3. The Hall–Kier alpha value is -2.25. The van der Waals surface area contributed by atoms with Gasteiger partial charge in [0.2, 0.25) is 15.9 Å². The molecule has 0 heterocycles. The fraction of sp³-hybridized carbons (Fsp3) is 0.381. The predicted octanol–water partition coefficient (Wildman–Crippen LogP) is 3.64. The van der Waals surface area contributed by atoms with E-state index < -0.39 is 16.1 Å². The standard InChI is InChI=1S/C21H27ClN2O4S/c1-4-28-19-13-11-18(12-14-19)24(29(3,26)27)16(2)21(25)23-15-7-9-17-8-5-6-10-20(17)22/h5-6,8,10-14,16H,4,7,9,15H2,1-3H3,(H,23,25)/t16-/m1/s1. The van der Waals surface area contributed by atoms with E-state index in [9.17, 15) is 13.2 Å². The Kier molecular flexibility index (Phi) is 8.34. The summed E-state index contributed by atoms with van der Waals surface area (Å²) in [6.45, 7) is 4.38. The van der Waals surface area contributed by atoms with E-state index in [1.807, 2.05) is 31.2 Å². The van der Waals surface area contributed by atoms with Crippen molar-refractivity contribution in [1.29, 1.82) is 0 Å². The first-order chi connectivity index (χ1) is 13.7. The number of aryl methyl sites for hydroxylation is 1. The van der Waals surface area contributed by atoms with Crippen LogP contribution in [0.3, 0.4) is 0 Å². The number of halogens is 1. The van der Waals surface area contributed by atoms with Gasteiger partial charge in [0.05, 0.1) is 18.6 Å². The molecule has 0 aromatic heterocycles. The van der Waals surface area contributed by atoms with Gasteiger partial charge < -0.3 is 10.1 Å². The molecule has 6 nitrogen and oxygen atoms in total. The first kappa shape index (κ1) is 23.0. The van der Waals surface area contributed by atoms with Crippen molar-refractivity contribution in [3.8, 4) is 5.75 Å². The number of amides is 1. The predicted molar refractivity (Wildman–Crippen MR) is 117 cm³/mol. The van der Waals surface area contributed by atoms with Gasteiger partial charge in [-0.1, -0.05) is 29.8 Å². The molecule has 29 heavy (non-hydrogen) atoms. The van der Waals surface area contributed by atoms with Crippen LogP contribution in [-0.4, -0.2) is 39.8 Å². The van der Waals surface area contributed by atoms with Crippen molar-refractivity contribution in [2.45, 2.75) is 32.7 Å². The van der Waals surface area contributed by atoms with Gasteiger partial charge in [-0.2, -0.15) is 0 Å². The van der Waals surface area contributed by atoms with Crippen LogP contribution in [0.4, 0.5) is 5.69 Å². The van der Waals surface area contributed by atoms with Crippen molar-refractivity contribution in [2.24, 2.45) is 0 Å². The Balaban J connectivity index is 2.00. The second-order valence-corrected chi connectivity index (χ2v) is 8.91. The van der Waals surface area contributed by atoms with Crippen molar-refractivity contribution >= 4 is 33.2 Å². The Morgan fingerprint density at radius 3 is 2.41 bits per heavy atom. The number of hydrogen-bond donors (Lipinski definition) is 1. The molecule has 0 unspecified atom stereocenters. The molecular formula is C21H27ClN2O4S. The van der Waals surface area contributed by atoms with Crippen LogP contribution in [0.25, 0.3) is 0 Å². The van der Waals surface area contributed by atoms with Crippen LogP contribution in [0.15, 0.2) is 48.5 Å². The number of nitrogens with one attached hydrogen (secondary N) is 1. The van der Waals surface area contributed by atoms with Gasteiger partial charge in [-0.15, -0.1) is 0 Å². The number of ether oxygens (including phenoxy) is 1. The van der Waals surface area contributed by atoms with E-state index >= 15 is 0 Å². The molecule has 8 heteroatoms. The average Bonchev–Trinajstić information content (AvgIpc) is 2.67. The number of anilines is 1. The summed E-state index contributed by atoms with van der Waals surface area (Å²) in [4.78, 5) is 12.6. The van der Waals surface area contributed by atoms with E-state index in [1.54, 1.807) is 31.2 Å². The summed E-state index contributed by atoms with van der Waals surface area (Å²) in [6.07, 6.45) is 2.51. The Morgan fingerprint density at radius 1 is 1.17 bits per heavy atom. The number of carbonyl (C=O) groups excluding carboxylic acids is 1. The van der Waals surface area contributed by atoms with Gasteiger partial charge in [-0.3, -0.25) is 9.10 Å². The van der Waals surface area contributed by atoms with Crippen LogP contribution in [0, 0.1) is 0 Å². The van der Waals surface area contributed by atoms with Gasteiger partial charge in [-0.05, 0) is 62.6 Å². The van der Waals surface area contributed by atoms with E-state index in [-0.39, 0.29) is 5.91 Å². The van der Waals surface area contributed by atoms with Crippen LogP contribution in [-0.2, 0) is 21.2 Å². The van der Waals surface area contributed by atoms with E-state index in [1.165, 1.54) is 0 Å². The van der Waals surface area contributed by atoms with Gasteiger partial charge >= 0.3 is 0 Å². The average molecular weight is 439 g/mol. The molecule has 1 N–H and O–H groups in total. The fourth-order valence-corrected chi connectivity index (χ4v) is 4.41. The number of rotatable bonds is 10. The lowest BCUT2D eigenvalue weighted by Gasteiger charge is -2.28. The highest BCUT2D eigenvalue weighted by Crippen LogP contribution is 2.24. The highest BCUT2D eigenvalue weighted by Gasteiger charge is 2.28. The molecule has 158 valence electrons. The first-order valence-electron chi connectivity index (χ1n) is 9.47. The van der Waals surface area contributed by atoms with Crippen LogP contribution in [0.1, 0.15) is 25.8 Å². The second-order valence-electron chi connectivity index (χ2n) is 6.65. The summed E-state index contributed by atoms with van der Waals surface area (Å²) < 4.78 is 31.2. The first-order valence-corrected chi connectivity index (χ1v) is 11.7. The fourth-order valence-electron chi connectivity index (χ4n) is 3.00. The Morgan fingerprint density at radius 2 is 1.83 bits per heavy atom. The maximum atomic E-state index is 12.6. The van der Waals surface area contributed by atoms with Gasteiger partial charge in [0.15, 0.2) is 0 Å². The molecule has 0 bridgehead atoms. The molecule has 0 saturated heterocycles. The normalized spacial score (nSPS) is 12.3. The third kappa shape index (κ3) is 6.65. The lowest BCUT2D eigenvalue weighted by atomic mass is 10.1. The zero-order valence-electron chi connectivity index (χ0n) is 16.9. The number of sulfonamides is 1. The van der Waals surface area contributed by atoms with Crippen molar-refractivity contribution in [2.75, 3.05) is 23.7 Å². The van der Waals surface area contributed by atoms with Crippen LogP contribution in [0.5, 0.6) is 5.75 Å². The number of hydrogen-bond acceptors (Lipinski definition) is 4. The lowest BCUT2D eigenvalue weighted by Crippen LogP contribution is -2.48. The van der Waals surface area contributed by atoms with Gasteiger partial charge in [0.25, 0.3) is 0 Å². The molecule has 2 rings (SSSR count). The summed E-state index contributed by atoms with van der Waals surface area (Å²) >= 11 is 6.14. The maximum absolute atomic E-state index is 12.6. The molecule has 0 spiro atoms. The monoisotopic (exact) mass is 438 g/mol. The molecule has 0 aliphatic heterocycles. The number of carbonyl (C=O) groups is 1. The molecule has 0 aliphatic carbocycles. The van der Waals surface area contributed by atoms with E-state index in [4.69, 9.17) is 16.3 Å². The summed E-state index contributed by atoms with van der Waals surface area (Å²) in [5, 5.41) is 3.51. The largest absolute Gasteiger partial charge is 0.494 e. The highest BCUT2D eigenvalue weighted by molar-refractivity contribution is 7.92. The minimum absolute atomic E-state index is 0.358. The van der Waals surface area contributed by atoms with Crippen LogP contribution in [0.2, 0.25) is 5.02 Å². The minimum Gasteiger partial charge on any atom is -0.494 e. The molecular weight excluding hydrogens is 412 g/mol. The van der Waals surface area contributed by atoms with Crippen molar-refractivity contribution < 1.29 is 17.9 Å². The smallest absolute Gasteiger partial charge is 0.243 e. The maximum Gasteiger partial charge on any atom is 0.243 e. The van der Waals surface area contributed by atoms with E-state index in [0.29, 0.717) is 36.0 Å². The molecule has 2 aromatic rings. The summed E-state index contributed by atoms with van der Waals surface area (Å²) in [5.41, 5.74) is 1.43. The zero-order chi connectivity index (χ0) is 21.4. The quantitative estimate of drug-likeness (QED) is 0.574. The Bertz CT molecular complexity index is 917. The van der Waals surface area contributed by atoms with E-state index in [0.717, 1.165) is 22.5 Å². The molecule has 2 aromatic carbocycles. The third-order valence-corrected chi connectivity index (χ3v) is 5.98. The van der Waals surface area contributed by atoms with Crippen molar-refractivity contribution in [3.63, 3.8) is 0 Å². The molecule has 1 amide bonds. The molecule has 0 fully saturated rings. The summed E-state index contributed by atoms with van der Waals surface area (Å²) in [7, 11) is -3.65. The minimum atomic E-state index is -3.65. The van der Waals surface area contributed by atoms with Crippen LogP contribution >= 0.6 is 11.6 Å². The second kappa shape index (κ2) is 10.5. The molecule has 1 atom stereocenters. The van der Waals surface area contributed by atoms with Crippen molar-refractivity contribution in [3.05, 3.63) is 59.1 Å². The van der Waals surface area contributed by atoms with E-state index in [2.05, 4.69) is 5.32 Å². The highest BCUT2D eigenvalue weighted by atomic mass is 35.5. The van der Waals surface area contributed by atoms with Gasteiger partial charge in [-0.25, -0.2) is 8.42 Å². The van der Waals surface area contributed by atoms with Gasteiger partial charge in [0.1, 0.15) is 11.8 Å². The van der Waals surface area contributed by atoms with Gasteiger partial charge in [0, 0.05) is 11.6 Å². The summed E-state index contributed by atoms with van der Waals surface area (Å²) in [5.74, 6) is 0.282.